The number of carbonyl (C=O) groups excluding carboxylic acids is 1. The van der Waals surface area contributed by atoms with E-state index in [4.69, 9.17) is 5.11 Å². The monoisotopic (exact) mass is 351 g/mol. The second-order valence-corrected chi connectivity index (χ2v) is 6.77. The van der Waals surface area contributed by atoms with Crippen molar-refractivity contribution in [3.05, 3.63) is 54.0 Å². The van der Waals surface area contributed by atoms with Gasteiger partial charge in [-0.2, -0.15) is 0 Å². The summed E-state index contributed by atoms with van der Waals surface area (Å²) in [4.78, 5) is 19.2. The number of likely N-dealkylation sites (tertiary alicyclic amines) is 1. The molecule has 1 unspecified atom stereocenters. The number of hydrogen-bond donors (Lipinski definition) is 1. The fraction of sp³-hybridized carbons (Fsp3) is 0.368. The minimum absolute atomic E-state index is 0.0302. The van der Waals surface area contributed by atoms with Gasteiger partial charge in [-0.3, -0.25) is 14.5 Å². The van der Waals surface area contributed by atoms with E-state index in [9.17, 15) is 4.79 Å². The summed E-state index contributed by atoms with van der Waals surface area (Å²) in [6.45, 7) is 2.05. The van der Waals surface area contributed by atoms with Crippen molar-refractivity contribution in [3.8, 4) is 0 Å². The van der Waals surface area contributed by atoms with Crippen LogP contribution in [0.15, 0.2) is 42.7 Å². The van der Waals surface area contributed by atoms with Crippen molar-refractivity contribution in [3.63, 3.8) is 0 Å². The van der Waals surface area contributed by atoms with Gasteiger partial charge in [-0.25, -0.2) is 0 Å². The first kappa shape index (κ1) is 16.7. The Balaban J connectivity index is 1.46. The number of hydrogen-bond acceptors (Lipinski definition) is 5. The summed E-state index contributed by atoms with van der Waals surface area (Å²) in [5, 5.41) is 18.0. The van der Waals surface area contributed by atoms with Crippen molar-refractivity contribution in [2.24, 2.45) is 5.92 Å². The number of benzene rings is 1. The van der Waals surface area contributed by atoms with Crippen LogP contribution >= 0.6 is 0 Å². The molecule has 3 aromatic rings. The molecule has 1 aliphatic rings. The minimum atomic E-state index is -0.107. The lowest BCUT2D eigenvalue weighted by Crippen LogP contribution is -2.41. The van der Waals surface area contributed by atoms with Crippen LogP contribution in [0.1, 0.15) is 28.9 Å². The third kappa shape index (κ3) is 3.43. The number of rotatable bonds is 4. The van der Waals surface area contributed by atoms with Crippen LogP contribution in [0.25, 0.3) is 10.9 Å². The Bertz CT molecular complexity index is 923. The molecule has 0 radical (unpaired) electrons. The van der Waals surface area contributed by atoms with Gasteiger partial charge < -0.3 is 10.0 Å². The summed E-state index contributed by atoms with van der Waals surface area (Å²) in [5.74, 6) is 0.358. The van der Waals surface area contributed by atoms with Crippen LogP contribution in [0.3, 0.4) is 0 Å². The number of aliphatic hydroxyl groups is 1. The second kappa shape index (κ2) is 7.21. The average Bonchev–Trinajstić information content (AvgIpc) is 3.15. The predicted molar refractivity (Wildman–Crippen MR) is 96.3 cm³/mol. The van der Waals surface area contributed by atoms with Gasteiger partial charge in [-0.15, -0.1) is 5.10 Å². The van der Waals surface area contributed by atoms with Gasteiger partial charge in [0.1, 0.15) is 5.69 Å². The molecule has 1 N–H and O–H groups in total. The molecule has 1 amide bonds. The smallest absolute Gasteiger partial charge is 0.255 e. The molecule has 1 saturated heterocycles. The highest BCUT2D eigenvalue weighted by molar-refractivity contribution is 5.97. The summed E-state index contributed by atoms with van der Waals surface area (Å²) < 4.78 is 1.75. The van der Waals surface area contributed by atoms with E-state index in [0.29, 0.717) is 30.3 Å². The van der Waals surface area contributed by atoms with Crippen molar-refractivity contribution in [2.45, 2.75) is 26.0 Å². The quantitative estimate of drug-likeness (QED) is 0.776. The van der Waals surface area contributed by atoms with Crippen LogP contribution in [-0.2, 0) is 13.2 Å². The second-order valence-electron chi connectivity index (χ2n) is 6.77. The average molecular weight is 351 g/mol. The standard InChI is InChI=1S/C19H21N5O2/c25-13-17-12-24(22-21-17)11-14-4-3-7-23(10-14)19(26)16-8-15-5-1-2-6-18(15)20-9-16/h1-2,5-6,8-9,12,14,25H,3-4,7,10-11,13H2. The third-order valence-corrected chi connectivity index (χ3v) is 4.84. The van der Waals surface area contributed by atoms with Crippen LogP contribution in [0.4, 0.5) is 0 Å². The van der Waals surface area contributed by atoms with E-state index >= 15 is 0 Å². The van der Waals surface area contributed by atoms with Gasteiger partial charge in [0.25, 0.3) is 5.91 Å². The number of aromatic nitrogens is 4. The molecule has 134 valence electrons. The van der Waals surface area contributed by atoms with Crippen molar-refractivity contribution in [1.82, 2.24) is 24.9 Å². The molecule has 7 heteroatoms. The van der Waals surface area contributed by atoms with Crippen molar-refractivity contribution >= 4 is 16.8 Å². The summed E-state index contributed by atoms with van der Waals surface area (Å²) in [5.41, 5.74) is 2.09. The van der Waals surface area contributed by atoms with Crippen LogP contribution in [0.5, 0.6) is 0 Å². The van der Waals surface area contributed by atoms with E-state index in [2.05, 4.69) is 15.3 Å². The van der Waals surface area contributed by atoms with Crippen LogP contribution in [0, 0.1) is 5.92 Å². The van der Waals surface area contributed by atoms with Gasteiger partial charge in [-0.1, -0.05) is 23.4 Å². The molecular weight excluding hydrogens is 330 g/mol. The number of carbonyl (C=O) groups is 1. The lowest BCUT2D eigenvalue weighted by molar-refractivity contribution is 0.0659. The molecular formula is C19H21N5O2. The molecule has 0 bridgehead atoms. The molecule has 3 heterocycles. The summed E-state index contributed by atoms with van der Waals surface area (Å²) >= 11 is 0. The largest absolute Gasteiger partial charge is 0.390 e. The lowest BCUT2D eigenvalue weighted by Gasteiger charge is -2.32. The van der Waals surface area contributed by atoms with Crippen LogP contribution in [0.2, 0.25) is 0 Å². The zero-order chi connectivity index (χ0) is 17.9. The lowest BCUT2D eigenvalue weighted by atomic mass is 9.97. The number of amides is 1. The Labute approximate surface area is 151 Å². The first-order chi connectivity index (χ1) is 12.7. The minimum Gasteiger partial charge on any atom is -0.390 e. The van der Waals surface area contributed by atoms with E-state index in [0.717, 1.165) is 30.3 Å². The molecule has 7 nitrogen and oxygen atoms in total. The maximum atomic E-state index is 12.9. The van der Waals surface area contributed by atoms with E-state index in [1.807, 2.05) is 35.2 Å². The SMILES string of the molecule is O=C(c1cnc2ccccc2c1)N1CCCC(Cn2cc(CO)nn2)C1. The molecule has 26 heavy (non-hydrogen) atoms. The van der Waals surface area contributed by atoms with Gasteiger partial charge in [0, 0.05) is 31.2 Å². The number of pyridine rings is 1. The number of nitrogens with zero attached hydrogens (tertiary/aromatic N) is 5. The van der Waals surface area contributed by atoms with Crippen molar-refractivity contribution in [2.75, 3.05) is 13.1 Å². The van der Waals surface area contributed by atoms with E-state index in [1.54, 1.807) is 17.1 Å². The Kier molecular flexibility index (Phi) is 4.62. The van der Waals surface area contributed by atoms with Crippen molar-refractivity contribution in [1.29, 1.82) is 0 Å². The molecule has 1 fully saturated rings. The van der Waals surface area contributed by atoms with Gasteiger partial charge in [-0.05, 0) is 30.9 Å². The number of para-hydroxylation sites is 1. The normalized spacial score (nSPS) is 17.6. The Morgan fingerprint density at radius 3 is 3.04 bits per heavy atom. The highest BCUT2D eigenvalue weighted by Gasteiger charge is 2.25. The topological polar surface area (TPSA) is 84.1 Å². The first-order valence-electron chi connectivity index (χ1n) is 8.87. The van der Waals surface area contributed by atoms with Gasteiger partial charge in [0.2, 0.25) is 0 Å². The molecule has 2 aromatic heterocycles. The van der Waals surface area contributed by atoms with Crippen LogP contribution < -0.4 is 0 Å². The fourth-order valence-corrected chi connectivity index (χ4v) is 3.53. The molecule has 0 aliphatic carbocycles. The van der Waals surface area contributed by atoms with E-state index < -0.39 is 0 Å². The highest BCUT2D eigenvalue weighted by Crippen LogP contribution is 2.21. The zero-order valence-corrected chi connectivity index (χ0v) is 14.5. The highest BCUT2D eigenvalue weighted by atomic mass is 16.3. The number of fused-ring (bicyclic) bond motifs is 1. The maximum Gasteiger partial charge on any atom is 0.255 e. The number of piperidine rings is 1. The molecule has 1 aromatic carbocycles. The zero-order valence-electron chi connectivity index (χ0n) is 14.5. The summed E-state index contributed by atoms with van der Waals surface area (Å²) in [6, 6.07) is 9.73. The molecule has 4 rings (SSSR count). The number of aliphatic hydroxyl groups excluding tert-OH is 1. The molecule has 1 aliphatic heterocycles. The maximum absolute atomic E-state index is 12.9. The van der Waals surface area contributed by atoms with Crippen molar-refractivity contribution < 1.29 is 9.90 Å². The van der Waals surface area contributed by atoms with Gasteiger partial charge in [0.05, 0.1) is 23.9 Å². The van der Waals surface area contributed by atoms with E-state index in [1.165, 1.54) is 0 Å². The van der Waals surface area contributed by atoms with Gasteiger partial charge in [0.15, 0.2) is 0 Å². The molecule has 0 spiro atoms. The van der Waals surface area contributed by atoms with E-state index in [-0.39, 0.29) is 12.5 Å². The summed E-state index contributed by atoms with van der Waals surface area (Å²) in [6.07, 6.45) is 5.44. The van der Waals surface area contributed by atoms with Gasteiger partial charge >= 0.3 is 0 Å². The summed E-state index contributed by atoms with van der Waals surface area (Å²) in [7, 11) is 0. The Hall–Kier alpha value is -2.80. The molecule has 0 saturated carbocycles. The first-order valence-corrected chi connectivity index (χ1v) is 8.87. The Morgan fingerprint density at radius 1 is 1.31 bits per heavy atom. The van der Waals surface area contributed by atoms with Crippen LogP contribution in [-0.4, -0.2) is 49.0 Å². The Morgan fingerprint density at radius 2 is 2.19 bits per heavy atom. The predicted octanol–water partition coefficient (Wildman–Crippen LogP) is 1.87. The molecule has 1 atom stereocenters. The fourth-order valence-electron chi connectivity index (χ4n) is 3.53. The third-order valence-electron chi connectivity index (χ3n) is 4.84.